The normalized spacial score (nSPS) is 24.3. The van der Waals surface area contributed by atoms with Crippen molar-refractivity contribution in [1.29, 1.82) is 0 Å². The van der Waals surface area contributed by atoms with Gasteiger partial charge in [0.2, 0.25) is 5.91 Å². The molecule has 0 aromatic carbocycles. The van der Waals surface area contributed by atoms with Crippen molar-refractivity contribution in [3.63, 3.8) is 0 Å². The molecule has 3 aromatic heterocycles. The van der Waals surface area contributed by atoms with Crippen molar-refractivity contribution in [2.24, 2.45) is 13.0 Å². The minimum atomic E-state index is 0.281. The summed E-state index contributed by atoms with van der Waals surface area (Å²) >= 11 is 0. The van der Waals surface area contributed by atoms with E-state index in [-0.39, 0.29) is 5.92 Å². The molecule has 1 amide bonds. The second-order valence-corrected chi connectivity index (χ2v) is 8.71. The van der Waals surface area contributed by atoms with Gasteiger partial charge in [-0.25, -0.2) is 9.50 Å². The molecule has 1 aliphatic carbocycles. The topological polar surface area (TPSA) is 71.6 Å². The van der Waals surface area contributed by atoms with Gasteiger partial charge in [-0.05, 0) is 31.7 Å². The lowest BCUT2D eigenvalue weighted by atomic mass is 9.84. The van der Waals surface area contributed by atoms with E-state index in [1.165, 1.54) is 6.42 Å². The van der Waals surface area contributed by atoms with Gasteiger partial charge in [0.25, 0.3) is 0 Å². The van der Waals surface area contributed by atoms with Gasteiger partial charge >= 0.3 is 0 Å². The molecule has 0 radical (unpaired) electrons. The third-order valence-electron chi connectivity index (χ3n) is 6.91. The zero-order chi connectivity index (χ0) is 19.5. The number of amides is 1. The zero-order valence-electron chi connectivity index (χ0n) is 16.6. The first-order valence-corrected chi connectivity index (χ1v) is 10.6. The Kier molecular flexibility index (Phi) is 3.69. The van der Waals surface area contributed by atoms with E-state index in [1.54, 1.807) is 11.0 Å². The third-order valence-corrected chi connectivity index (χ3v) is 6.91. The van der Waals surface area contributed by atoms with Gasteiger partial charge in [-0.15, -0.1) is 0 Å². The SMILES string of the molecule is Cn1cc(-c2cc3c(N4CC5CCC(C4)N5C(=O)C4CCC4)ncnn3c2)cn1. The van der Waals surface area contributed by atoms with Crippen molar-refractivity contribution in [1.82, 2.24) is 29.3 Å². The largest absolute Gasteiger partial charge is 0.351 e. The van der Waals surface area contributed by atoms with Crippen LogP contribution in [-0.2, 0) is 11.8 Å². The molecule has 3 aromatic rings. The lowest BCUT2D eigenvalue weighted by molar-refractivity contribution is -0.141. The van der Waals surface area contributed by atoms with Crippen molar-refractivity contribution in [3.8, 4) is 11.1 Å². The molecule has 0 N–H and O–H groups in total. The maximum Gasteiger partial charge on any atom is 0.226 e. The van der Waals surface area contributed by atoms with E-state index in [2.05, 4.69) is 31.0 Å². The summed E-state index contributed by atoms with van der Waals surface area (Å²) in [5.41, 5.74) is 3.16. The first-order chi connectivity index (χ1) is 14.2. The highest BCUT2D eigenvalue weighted by Crippen LogP contribution is 2.38. The van der Waals surface area contributed by atoms with Gasteiger partial charge in [-0.3, -0.25) is 9.48 Å². The summed E-state index contributed by atoms with van der Waals surface area (Å²) in [5, 5.41) is 8.69. The minimum Gasteiger partial charge on any atom is -0.351 e. The predicted molar refractivity (Wildman–Crippen MR) is 108 cm³/mol. The summed E-state index contributed by atoms with van der Waals surface area (Å²) in [6.07, 6.45) is 13.1. The Labute approximate surface area is 169 Å². The lowest BCUT2D eigenvalue weighted by Crippen LogP contribution is -2.58. The summed E-state index contributed by atoms with van der Waals surface area (Å²) in [4.78, 5) is 22.1. The minimum absolute atomic E-state index is 0.281. The number of aromatic nitrogens is 5. The molecule has 1 saturated carbocycles. The van der Waals surface area contributed by atoms with E-state index in [0.717, 1.165) is 61.2 Å². The number of carbonyl (C=O) groups is 1. The van der Waals surface area contributed by atoms with E-state index >= 15 is 0 Å². The fourth-order valence-corrected chi connectivity index (χ4v) is 5.19. The lowest BCUT2D eigenvalue weighted by Gasteiger charge is -2.44. The summed E-state index contributed by atoms with van der Waals surface area (Å²) in [6, 6.07) is 2.76. The van der Waals surface area contributed by atoms with Crippen molar-refractivity contribution in [2.45, 2.75) is 44.2 Å². The highest BCUT2D eigenvalue weighted by molar-refractivity contribution is 5.82. The first kappa shape index (κ1) is 17.0. The van der Waals surface area contributed by atoms with Crippen LogP contribution < -0.4 is 4.90 Å². The van der Waals surface area contributed by atoms with Crippen molar-refractivity contribution < 1.29 is 4.79 Å². The Bertz CT molecular complexity index is 1070. The van der Waals surface area contributed by atoms with Crippen molar-refractivity contribution >= 4 is 17.2 Å². The molecule has 29 heavy (non-hydrogen) atoms. The molecule has 8 heteroatoms. The molecule has 2 unspecified atom stereocenters. The van der Waals surface area contributed by atoms with Gasteiger partial charge < -0.3 is 9.80 Å². The zero-order valence-corrected chi connectivity index (χ0v) is 16.6. The number of fused-ring (bicyclic) bond motifs is 3. The van der Waals surface area contributed by atoms with Gasteiger partial charge in [-0.1, -0.05) is 6.42 Å². The van der Waals surface area contributed by atoms with Crippen LogP contribution in [-0.4, -0.2) is 60.4 Å². The van der Waals surface area contributed by atoms with Crippen LogP contribution in [0.4, 0.5) is 5.82 Å². The summed E-state index contributed by atoms with van der Waals surface area (Å²) in [7, 11) is 1.92. The van der Waals surface area contributed by atoms with Crippen molar-refractivity contribution in [3.05, 3.63) is 31.0 Å². The fourth-order valence-electron chi connectivity index (χ4n) is 5.19. The number of nitrogens with zero attached hydrogens (tertiary/aromatic N) is 7. The van der Waals surface area contributed by atoms with Gasteiger partial charge in [0.15, 0.2) is 5.82 Å². The van der Waals surface area contributed by atoms with E-state index in [4.69, 9.17) is 0 Å². The van der Waals surface area contributed by atoms with Crippen LogP contribution in [0.2, 0.25) is 0 Å². The van der Waals surface area contributed by atoms with Crippen LogP contribution in [0.15, 0.2) is 31.0 Å². The molecule has 6 rings (SSSR count). The Hall–Kier alpha value is -2.90. The highest BCUT2D eigenvalue weighted by atomic mass is 16.2. The van der Waals surface area contributed by atoms with Crippen LogP contribution in [0.1, 0.15) is 32.1 Å². The third kappa shape index (κ3) is 2.65. The molecule has 0 spiro atoms. The molecular weight excluding hydrogens is 366 g/mol. The first-order valence-electron chi connectivity index (χ1n) is 10.6. The van der Waals surface area contributed by atoms with Gasteiger partial charge in [0, 0.05) is 61.7 Å². The molecule has 2 aliphatic heterocycles. The number of aryl methyl sites for hydroxylation is 1. The number of piperazine rings is 1. The quantitative estimate of drug-likeness (QED) is 0.684. The second kappa shape index (κ2) is 6.30. The van der Waals surface area contributed by atoms with E-state index in [1.807, 2.05) is 30.2 Å². The van der Waals surface area contributed by atoms with Gasteiger partial charge in [0.1, 0.15) is 11.8 Å². The molecule has 2 atom stereocenters. The summed E-state index contributed by atoms with van der Waals surface area (Å²) in [6.45, 7) is 1.71. The summed E-state index contributed by atoms with van der Waals surface area (Å²) in [5.74, 6) is 1.64. The fraction of sp³-hybridized carbons (Fsp3) is 0.524. The number of hydrogen-bond donors (Lipinski definition) is 0. The predicted octanol–water partition coefficient (Wildman–Crippen LogP) is 2.11. The molecule has 8 nitrogen and oxygen atoms in total. The average molecular weight is 391 g/mol. The molecule has 3 fully saturated rings. The molecule has 2 bridgehead atoms. The van der Waals surface area contributed by atoms with Crippen LogP contribution in [0, 0.1) is 5.92 Å². The van der Waals surface area contributed by atoms with E-state index < -0.39 is 0 Å². The number of rotatable bonds is 3. The molecule has 5 heterocycles. The Morgan fingerprint density at radius 1 is 1.03 bits per heavy atom. The average Bonchev–Trinajstić information content (AvgIpc) is 3.35. The maximum absolute atomic E-state index is 12.9. The smallest absolute Gasteiger partial charge is 0.226 e. The second-order valence-electron chi connectivity index (χ2n) is 8.71. The molecule has 3 aliphatic rings. The standard InChI is InChI=1S/C21H25N7O/c1-25-9-16(8-23-25)15-7-19-20(22-13-24-27(19)10-15)26-11-17-5-6-18(12-26)28(17)21(29)14-3-2-4-14/h7-10,13-14,17-18H,2-6,11-12H2,1H3. The Morgan fingerprint density at radius 3 is 2.48 bits per heavy atom. The monoisotopic (exact) mass is 391 g/mol. The van der Waals surface area contributed by atoms with Crippen LogP contribution in [0.25, 0.3) is 16.6 Å². The molecule has 2 saturated heterocycles. The Balaban J connectivity index is 1.31. The van der Waals surface area contributed by atoms with Gasteiger partial charge in [-0.2, -0.15) is 10.2 Å². The van der Waals surface area contributed by atoms with E-state index in [0.29, 0.717) is 18.0 Å². The van der Waals surface area contributed by atoms with Gasteiger partial charge in [0.05, 0.1) is 6.20 Å². The van der Waals surface area contributed by atoms with Crippen molar-refractivity contribution in [2.75, 3.05) is 18.0 Å². The van der Waals surface area contributed by atoms with Crippen LogP contribution in [0.5, 0.6) is 0 Å². The van der Waals surface area contributed by atoms with Crippen LogP contribution >= 0.6 is 0 Å². The molecular formula is C21H25N7O. The van der Waals surface area contributed by atoms with E-state index in [9.17, 15) is 4.79 Å². The summed E-state index contributed by atoms with van der Waals surface area (Å²) < 4.78 is 3.71. The highest BCUT2D eigenvalue weighted by Gasteiger charge is 2.45. The maximum atomic E-state index is 12.9. The number of carbonyl (C=O) groups excluding carboxylic acids is 1. The Morgan fingerprint density at radius 2 is 1.83 bits per heavy atom. The van der Waals surface area contributed by atoms with Crippen LogP contribution in [0.3, 0.4) is 0 Å². The molecule has 150 valence electrons. The number of hydrogen-bond acceptors (Lipinski definition) is 5. The number of anilines is 1.